The van der Waals surface area contributed by atoms with E-state index in [-0.39, 0.29) is 18.1 Å². The number of rotatable bonds is 3. The van der Waals surface area contributed by atoms with Gasteiger partial charge in [0, 0.05) is 11.8 Å². The summed E-state index contributed by atoms with van der Waals surface area (Å²) in [6.45, 7) is 0.0801. The molecule has 21 heavy (non-hydrogen) atoms. The minimum absolute atomic E-state index is 0.0801. The Morgan fingerprint density at radius 2 is 2.14 bits per heavy atom. The van der Waals surface area contributed by atoms with Crippen LogP contribution in [0.1, 0.15) is 11.3 Å². The highest BCUT2D eigenvalue weighted by molar-refractivity contribution is 6.04. The average molecular weight is 288 g/mol. The van der Waals surface area contributed by atoms with Crippen molar-refractivity contribution in [1.29, 1.82) is 5.41 Å². The number of nitrogens with one attached hydrogen (secondary N) is 1. The van der Waals surface area contributed by atoms with Gasteiger partial charge in [0.05, 0.1) is 24.3 Å². The van der Waals surface area contributed by atoms with Crippen molar-refractivity contribution in [3.8, 4) is 0 Å². The van der Waals surface area contributed by atoms with Crippen LogP contribution in [0.2, 0.25) is 0 Å². The van der Waals surface area contributed by atoms with Gasteiger partial charge in [-0.25, -0.2) is 18.4 Å². The van der Waals surface area contributed by atoms with Crippen LogP contribution in [0.4, 0.5) is 8.78 Å². The number of fused-ring (bicyclic) bond motifs is 1. The Morgan fingerprint density at radius 1 is 1.33 bits per heavy atom. The Hall–Kier alpha value is -2.90. The SMILES string of the molecule is N=C(N)c1nn(Cc2ccncc2F)c2ncc(F)cc12. The number of pyridine rings is 2. The molecule has 0 amide bonds. The number of nitrogens with zero attached hydrogens (tertiary/aromatic N) is 4. The Balaban J connectivity index is 2.15. The van der Waals surface area contributed by atoms with Crippen LogP contribution in [0.25, 0.3) is 11.0 Å². The summed E-state index contributed by atoms with van der Waals surface area (Å²) < 4.78 is 28.3. The second kappa shape index (κ2) is 4.89. The molecular weight excluding hydrogens is 278 g/mol. The summed E-state index contributed by atoms with van der Waals surface area (Å²) in [5.74, 6) is -1.34. The van der Waals surface area contributed by atoms with Crippen molar-refractivity contribution < 1.29 is 8.78 Å². The monoisotopic (exact) mass is 288 g/mol. The van der Waals surface area contributed by atoms with Crippen molar-refractivity contribution in [1.82, 2.24) is 19.7 Å². The fraction of sp³-hybridized carbons (Fsp3) is 0.0769. The van der Waals surface area contributed by atoms with E-state index in [9.17, 15) is 8.78 Å². The molecule has 3 rings (SSSR count). The third kappa shape index (κ3) is 2.31. The summed E-state index contributed by atoms with van der Waals surface area (Å²) in [5.41, 5.74) is 6.25. The van der Waals surface area contributed by atoms with Gasteiger partial charge in [-0.2, -0.15) is 5.10 Å². The van der Waals surface area contributed by atoms with Crippen molar-refractivity contribution in [2.45, 2.75) is 6.54 Å². The van der Waals surface area contributed by atoms with Crippen LogP contribution < -0.4 is 5.73 Å². The molecule has 0 fully saturated rings. The number of nitrogen functional groups attached to an aromatic ring is 1. The summed E-state index contributed by atoms with van der Waals surface area (Å²) in [7, 11) is 0. The third-order valence-electron chi connectivity index (χ3n) is 2.99. The molecule has 0 unspecified atom stereocenters. The van der Waals surface area contributed by atoms with Gasteiger partial charge in [-0.05, 0) is 12.1 Å². The number of hydrogen-bond acceptors (Lipinski definition) is 4. The minimum atomic E-state index is -0.556. The topological polar surface area (TPSA) is 93.5 Å². The van der Waals surface area contributed by atoms with E-state index in [1.165, 1.54) is 23.0 Å². The molecule has 0 spiro atoms. The smallest absolute Gasteiger partial charge is 0.159 e. The maximum atomic E-state index is 13.7. The van der Waals surface area contributed by atoms with Crippen LogP contribution in [0.5, 0.6) is 0 Å². The van der Waals surface area contributed by atoms with Crippen LogP contribution in [-0.2, 0) is 6.54 Å². The fourth-order valence-corrected chi connectivity index (χ4v) is 2.04. The van der Waals surface area contributed by atoms with E-state index in [4.69, 9.17) is 11.1 Å². The van der Waals surface area contributed by atoms with E-state index in [2.05, 4.69) is 15.1 Å². The van der Waals surface area contributed by atoms with E-state index >= 15 is 0 Å². The normalized spacial score (nSPS) is 11.0. The molecule has 0 aliphatic carbocycles. The third-order valence-corrected chi connectivity index (χ3v) is 2.99. The van der Waals surface area contributed by atoms with Crippen LogP contribution >= 0.6 is 0 Å². The van der Waals surface area contributed by atoms with Crippen LogP contribution in [-0.4, -0.2) is 25.6 Å². The molecular formula is C13H10F2N6. The highest BCUT2D eigenvalue weighted by Gasteiger charge is 2.16. The first-order valence-corrected chi connectivity index (χ1v) is 6.01. The molecule has 3 heterocycles. The summed E-state index contributed by atoms with van der Waals surface area (Å²) in [4.78, 5) is 7.61. The van der Waals surface area contributed by atoms with Gasteiger partial charge in [-0.1, -0.05) is 0 Å². The lowest BCUT2D eigenvalue weighted by Crippen LogP contribution is -2.13. The molecule has 0 aliphatic rings. The number of aromatic nitrogens is 4. The summed E-state index contributed by atoms with van der Waals surface area (Å²) in [6.07, 6.45) is 3.59. The Kier molecular flexibility index (Phi) is 3.05. The molecule has 106 valence electrons. The molecule has 3 aromatic rings. The summed E-state index contributed by atoms with van der Waals surface area (Å²) in [5, 5.41) is 11.9. The van der Waals surface area contributed by atoms with E-state index < -0.39 is 11.6 Å². The fourth-order valence-electron chi connectivity index (χ4n) is 2.04. The van der Waals surface area contributed by atoms with Gasteiger partial charge < -0.3 is 5.73 Å². The van der Waals surface area contributed by atoms with Crippen molar-refractivity contribution in [3.63, 3.8) is 0 Å². The van der Waals surface area contributed by atoms with Crippen molar-refractivity contribution >= 4 is 16.9 Å². The highest BCUT2D eigenvalue weighted by Crippen LogP contribution is 2.19. The summed E-state index contributed by atoms with van der Waals surface area (Å²) >= 11 is 0. The van der Waals surface area contributed by atoms with Crippen LogP contribution in [0.15, 0.2) is 30.7 Å². The molecule has 0 aliphatic heterocycles. The van der Waals surface area contributed by atoms with Crippen LogP contribution in [0, 0.1) is 17.0 Å². The van der Waals surface area contributed by atoms with Gasteiger partial charge in [0.1, 0.15) is 23.2 Å². The first-order chi connectivity index (χ1) is 10.1. The van der Waals surface area contributed by atoms with Gasteiger partial charge in [0.2, 0.25) is 0 Å². The van der Waals surface area contributed by atoms with Crippen molar-refractivity contribution in [2.24, 2.45) is 5.73 Å². The predicted octanol–water partition coefficient (Wildman–Crippen LogP) is 1.44. The molecule has 0 saturated carbocycles. The zero-order chi connectivity index (χ0) is 15.0. The first kappa shape index (κ1) is 13.1. The van der Waals surface area contributed by atoms with Gasteiger partial charge >= 0.3 is 0 Å². The molecule has 0 saturated heterocycles. The molecule has 0 radical (unpaired) electrons. The van der Waals surface area contributed by atoms with Crippen molar-refractivity contribution in [3.05, 3.63) is 53.6 Å². The lowest BCUT2D eigenvalue weighted by atomic mass is 10.2. The molecule has 0 aromatic carbocycles. The summed E-state index contributed by atoms with van der Waals surface area (Å²) in [6, 6.07) is 2.71. The van der Waals surface area contributed by atoms with Gasteiger partial charge in [-0.15, -0.1) is 0 Å². The van der Waals surface area contributed by atoms with Gasteiger partial charge in [-0.3, -0.25) is 10.4 Å². The Labute approximate surface area is 117 Å². The van der Waals surface area contributed by atoms with Gasteiger partial charge in [0.25, 0.3) is 0 Å². The molecule has 0 atom stereocenters. The van der Waals surface area contributed by atoms with E-state index in [0.29, 0.717) is 16.6 Å². The lowest BCUT2D eigenvalue weighted by molar-refractivity contribution is 0.582. The predicted molar refractivity (Wildman–Crippen MR) is 71.8 cm³/mol. The van der Waals surface area contributed by atoms with E-state index in [1.807, 2.05) is 0 Å². The zero-order valence-electron chi connectivity index (χ0n) is 10.7. The van der Waals surface area contributed by atoms with E-state index in [0.717, 1.165) is 12.4 Å². The largest absolute Gasteiger partial charge is 0.382 e. The van der Waals surface area contributed by atoms with Gasteiger partial charge in [0.15, 0.2) is 5.65 Å². The number of hydrogen-bond donors (Lipinski definition) is 2. The first-order valence-electron chi connectivity index (χ1n) is 6.01. The minimum Gasteiger partial charge on any atom is -0.382 e. The molecule has 0 bridgehead atoms. The molecule has 6 nitrogen and oxygen atoms in total. The molecule has 3 aromatic heterocycles. The maximum Gasteiger partial charge on any atom is 0.159 e. The second-order valence-corrected chi connectivity index (χ2v) is 4.41. The maximum absolute atomic E-state index is 13.7. The number of halogens is 2. The quantitative estimate of drug-likeness (QED) is 0.563. The highest BCUT2D eigenvalue weighted by atomic mass is 19.1. The van der Waals surface area contributed by atoms with E-state index in [1.54, 1.807) is 0 Å². The van der Waals surface area contributed by atoms with Crippen molar-refractivity contribution in [2.75, 3.05) is 0 Å². The Bertz CT molecular complexity index is 842. The zero-order valence-corrected chi connectivity index (χ0v) is 10.7. The number of nitrogens with two attached hydrogens (primary N) is 1. The molecule has 8 heteroatoms. The lowest BCUT2D eigenvalue weighted by Gasteiger charge is -2.03. The second-order valence-electron chi connectivity index (χ2n) is 4.41. The number of amidine groups is 1. The Morgan fingerprint density at radius 3 is 2.86 bits per heavy atom. The van der Waals surface area contributed by atoms with Crippen LogP contribution in [0.3, 0.4) is 0 Å². The standard InChI is InChI=1S/C13H10F2N6/c14-8-3-9-11(12(16)17)20-21(13(9)19-4-8)6-7-1-2-18-5-10(7)15/h1-5H,6H2,(H3,16,17). The molecule has 3 N–H and O–H groups in total. The average Bonchev–Trinajstić information content (AvgIpc) is 2.79.